The number of rotatable bonds is 3. The first-order chi connectivity index (χ1) is 13.6. The van der Waals surface area contributed by atoms with Gasteiger partial charge in [0.15, 0.2) is 0 Å². The molecule has 2 aromatic carbocycles. The van der Waals surface area contributed by atoms with Gasteiger partial charge in [-0.05, 0) is 28.7 Å². The predicted molar refractivity (Wildman–Crippen MR) is 103 cm³/mol. The van der Waals surface area contributed by atoms with Crippen LogP contribution in [0.15, 0.2) is 48.5 Å². The predicted octanol–water partition coefficient (Wildman–Crippen LogP) is 2.78. The Labute approximate surface area is 163 Å². The van der Waals surface area contributed by atoms with Crippen LogP contribution in [0.5, 0.6) is 0 Å². The number of amides is 1. The molecule has 3 atom stereocenters. The van der Waals surface area contributed by atoms with Gasteiger partial charge in [0.25, 0.3) is 0 Å². The largest absolute Gasteiger partial charge is 0.480 e. The number of nitrogens with zero attached hydrogens (tertiary/aromatic N) is 2. The van der Waals surface area contributed by atoms with Gasteiger partial charge in [0, 0.05) is 25.0 Å². The van der Waals surface area contributed by atoms with E-state index < -0.39 is 18.1 Å². The second-order valence-electron chi connectivity index (χ2n) is 7.75. The highest BCUT2D eigenvalue weighted by Gasteiger charge is 2.44. The number of ether oxygens (including phenoxy) is 1. The third-order valence-corrected chi connectivity index (χ3v) is 6.30. The number of aliphatic carboxylic acids is 1. The van der Waals surface area contributed by atoms with Crippen LogP contribution >= 0.6 is 0 Å². The fourth-order valence-corrected chi connectivity index (χ4v) is 4.89. The summed E-state index contributed by atoms with van der Waals surface area (Å²) in [5.41, 5.74) is 4.72. The van der Waals surface area contributed by atoms with E-state index in [2.05, 4.69) is 24.3 Å². The molecule has 0 spiro atoms. The number of carboxylic acid groups (broad SMARTS) is 1. The minimum absolute atomic E-state index is 0.0106. The van der Waals surface area contributed by atoms with Crippen LogP contribution in [0.4, 0.5) is 4.79 Å². The number of carbonyl (C=O) groups is 2. The van der Waals surface area contributed by atoms with E-state index >= 15 is 0 Å². The summed E-state index contributed by atoms with van der Waals surface area (Å²) < 4.78 is 5.73. The number of carbonyl (C=O) groups excluding carboxylic acids is 1. The van der Waals surface area contributed by atoms with E-state index in [1.165, 1.54) is 22.3 Å². The van der Waals surface area contributed by atoms with Gasteiger partial charge in [-0.25, -0.2) is 4.79 Å². The van der Waals surface area contributed by atoms with E-state index in [1.54, 1.807) is 4.90 Å². The van der Waals surface area contributed by atoms with E-state index in [0.29, 0.717) is 6.54 Å². The molecular weight excluding hydrogens is 356 g/mol. The normalized spacial score (nSPS) is 25.3. The van der Waals surface area contributed by atoms with Crippen LogP contribution in [0.3, 0.4) is 0 Å². The van der Waals surface area contributed by atoms with Gasteiger partial charge in [-0.2, -0.15) is 0 Å². The van der Waals surface area contributed by atoms with Gasteiger partial charge < -0.3 is 14.7 Å². The van der Waals surface area contributed by atoms with E-state index in [-0.39, 0.29) is 25.1 Å². The van der Waals surface area contributed by atoms with Crippen LogP contribution in [-0.2, 0) is 9.53 Å². The zero-order valence-corrected chi connectivity index (χ0v) is 15.5. The molecule has 2 fully saturated rings. The van der Waals surface area contributed by atoms with Gasteiger partial charge >= 0.3 is 12.1 Å². The number of fused-ring (bicyclic) bond motifs is 5. The van der Waals surface area contributed by atoms with E-state index in [4.69, 9.17) is 4.74 Å². The highest BCUT2D eigenvalue weighted by atomic mass is 16.6. The van der Waals surface area contributed by atoms with E-state index in [9.17, 15) is 14.7 Å². The van der Waals surface area contributed by atoms with Gasteiger partial charge in [-0.15, -0.1) is 0 Å². The number of hydrogen-bond acceptors (Lipinski definition) is 4. The maximum absolute atomic E-state index is 12.8. The molecule has 1 aliphatic carbocycles. The molecule has 2 aliphatic heterocycles. The molecule has 0 aromatic heterocycles. The standard InChI is InChI=1S/C22H22N2O4/c25-21(26)20-12-24(14-9-10-23(20)11-14)22(27)28-13-19-17-7-3-1-5-15(17)16-6-2-4-8-18(16)19/h1-8,14,19-20H,9-13H2,(H,25,26). The molecule has 2 heterocycles. The summed E-state index contributed by atoms with van der Waals surface area (Å²) >= 11 is 0. The van der Waals surface area contributed by atoms with Gasteiger partial charge in [-0.1, -0.05) is 48.5 Å². The summed E-state index contributed by atoms with van der Waals surface area (Å²) in [5, 5.41) is 9.46. The molecule has 6 nitrogen and oxygen atoms in total. The van der Waals surface area contributed by atoms with Crippen molar-refractivity contribution >= 4 is 12.1 Å². The van der Waals surface area contributed by atoms with E-state index in [0.717, 1.165) is 13.0 Å². The Hall–Kier alpha value is -2.86. The maximum Gasteiger partial charge on any atom is 0.410 e. The molecule has 3 aliphatic rings. The van der Waals surface area contributed by atoms with Crippen molar-refractivity contribution in [3.8, 4) is 11.1 Å². The van der Waals surface area contributed by atoms with Crippen molar-refractivity contribution in [2.75, 3.05) is 26.2 Å². The summed E-state index contributed by atoms with van der Waals surface area (Å²) in [6.45, 7) is 1.78. The molecule has 6 heteroatoms. The Morgan fingerprint density at radius 1 is 1.00 bits per heavy atom. The summed E-state index contributed by atoms with van der Waals surface area (Å²) in [7, 11) is 0. The number of benzene rings is 2. The Morgan fingerprint density at radius 3 is 2.29 bits per heavy atom. The van der Waals surface area contributed by atoms with Gasteiger partial charge in [0.2, 0.25) is 0 Å². The molecule has 0 radical (unpaired) electrons. The smallest absolute Gasteiger partial charge is 0.410 e. The highest BCUT2D eigenvalue weighted by Crippen LogP contribution is 2.44. The van der Waals surface area contributed by atoms with E-state index in [1.807, 2.05) is 29.2 Å². The quantitative estimate of drug-likeness (QED) is 0.889. The molecule has 1 N–H and O–H groups in total. The Bertz CT molecular complexity index is 898. The minimum atomic E-state index is -0.878. The Balaban J connectivity index is 1.34. The molecule has 144 valence electrons. The van der Waals surface area contributed by atoms with Crippen LogP contribution in [0.2, 0.25) is 0 Å². The molecule has 5 rings (SSSR count). The van der Waals surface area contributed by atoms with Crippen LogP contribution in [0.25, 0.3) is 11.1 Å². The van der Waals surface area contributed by atoms with Crippen LogP contribution in [0.1, 0.15) is 23.5 Å². The second kappa shape index (κ2) is 6.63. The van der Waals surface area contributed by atoms with Crippen molar-refractivity contribution in [2.24, 2.45) is 0 Å². The fourth-order valence-electron chi connectivity index (χ4n) is 4.89. The average molecular weight is 378 g/mol. The topological polar surface area (TPSA) is 70.1 Å². The SMILES string of the molecule is O=C(O)C1CN(C(=O)OCC2c3ccccc3-c3ccccc32)C2CCN1C2. The van der Waals surface area contributed by atoms with Crippen molar-refractivity contribution in [2.45, 2.75) is 24.4 Å². The summed E-state index contributed by atoms with van der Waals surface area (Å²) in [4.78, 5) is 27.9. The van der Waals surface area contributed by atoms with Crippen LogP contribution < -0.4 is 0 Å². The van der Waals surface area contributed by atoms with Crippen LogP contribution in [0, 0.1) is 0 Å². The Morgan fingerprint density at radius 2 is 1.64 bits per heavy atom. The highest BCUT2D eigenvalue weighted by molar-refractivity contribution is 5.79. The molecule has 2 aromatic rings. The molecule has 1 amide bonds. The number of piperazine rings is 1. The minimum Gasteiger partial charge on any atom is -0.480 e. The summed E-state index contributed by atoms with van der Waals surface area (Å²) in [6.07, 6.45) is 0.396. The van der Waals surface area contributed by atoms with Crippen LogP contribution in [-0.4, -0.2) is 65.3 Å². The third-order valence-electron chi connectivity index (χ3n) is 6.30. The monoisotopic (exact) mass is 378 g/mol. The van der Waals surface area contributed by atoms with Gasteiger partial charge in [-0.3, -0.25) is 9.69 Å². The molecule has 2 saturated heterocycles. The lowest BCUT2D eigenvalue weighted by Crippen LogP contribution is -2.57. The third kappa shape index (κ3) is 2.67. The van der Waals surface area contributed by atoms with Gasteiger partial charge in [0.05, 0.1) is 6.54 Å². The summed E-state index contributed by atoms with van der Waals surface area (Å²) in [5.74, 6) is -0.867. The van der Waals surface area contributed by atoms with Crippen molar-refractivity contribution in [1.82, 2.24) is 9.80 Å². The molecular formula is C22H22N2O4. The zero-order chi connectivity index (χ0) is 19.3. The van der Waals surface area contributed by atoms with Crippen molar-refractivity contribution in [1.29, 1.82) is 0 Å². The fraction of sp³-hybridized carbons (Fsp3) is 0.364. The maximum atomic E-state index is 12.8. The molecule has 2 bridgehead atoms. The van der Waals surface area contributed by atoms with Gasteiger partial charge in [0.1, 0.15) is 12.6 Å². The first-order valence-electron chi connectivity index (χ1n) is 9.72. The van der Waals surface area contributed by atoms with Crippen molar-refractivity contribution in [3.05, 3.63) is 59.7 Å². The van der Waals surface area contributed by atoms with Crippen molar-refractivity contribution < 1.29 is 19.4 Å². The Kier molecular flexibility index (Phi) is 4.09. The lowest BCUT2D eigenvalue weighted by Gasteiger charge is -2.37. The first-order valence-corrected chi connectivity index (χ1v) is 9.72. The lowest BCUT2D eigenvalue weighted by atomic mass is 9.98. The zero-order valence-electron chi connectivity index (χ0n) is 15.5. The molecule has 0 saturated carbocycles. The second-order valence-corrected chi connectivity index (χ2v) is 7.75. The first kappa shape index (κ1) is 17.3. The van der Waals surface area contributed by atoms with Crippen molar-refractivity contribution in [3.63, 3.8) is 0 Å². The number of carboxylic acids is 1. The average Bonchev–Trinajstić information content (AvgIpc) is 3.25. The summed E-state index contributed by atoms with van der Waals surface area (Å²) in [6, 6.07) is 15.9. The number of hydrogen-bond donors (Lipinski definition) is 1. The molecule has 28 heavy (non-hydrogen) atoms. The molecule has 3 unspecified atom stereocenters. The lowest BCUT2D eigenvalue weighted by molar-refractivity contribution is -0.144.